The number of thiophene rings is 1. The molecule has 0 aliphatic carbocycles. The molecule has 8 bridgehead atoms. The van der Waals surface area contributed by atoms with E-state index in [0.717, 1.165) is 66.2 Å². The Morgan fingerprint density at radius 1 is 0.302 bits per heavy atom. The molecule has 0 N–H and O–H groups in total. The summed E-state index contributed by atoms with van der Waals surface area (Å²) in [4.78, 5) is 0. The predicted octanol–water partition coefficient (Wildman–Crippen LogP) is 16.4. The molecule has 0 spiro atoms. The lowest BCUT2D eigenvalue weighted by Crippen LogP contribution is -1.98. The lowest BCUT2D eigenvalue weighted by molar-refractivity contribution is 0.668. The van der Waals surface area contributed by atoms with Gasteiger partial charge < -0.3 is 18.1 Å². The van der Waals surface area contributed by atoms with Crippen LogP contribution in [0.15, 0.2) is 217 Å². The van der Waals surface area contributed by atoms with Gasteiger partial charge in [-0.3, -0.25) is 0 Å². The molecular formula is C58H35N3OS. The highest BCUT2D eigenvalue weighted by atomic mass is 32.1. The van der Waals surface area contributed by atoms with Crippen LogP contribution in [0.2, 0.25) is 0 Å². The molecular weight excluding hydrogens is 787 g/mol. The molecule has 0 aliphatic heterocycles. The van der Waals surface area contributed by atoms with Gasteiger partial charge in [-0.15, -0.1) is 11.3 Å². The second-order valence-corrected chi connectivity index (χ2v) is 17.6. The van der Waals surface area contributed by atoms with E-state index in [-0.39, 0.29) is 0 Å². The second kappa shape index (κ2) is 13.2. The maximum Gasteiger partial charge on any atom is 0.137 e. The largest absolute Gasteiger partial charge is 0.456 e. The van der Waals surface area contributed by atoms with Gasteiger partial charge in [0, 0.05) is 86.6 Å². The highest BCUT2D eigenvalue weighted by molar-refractivity contribution is 7.25. The number of fused-ring (bicyclic) bond motifs is 14. The van der Waals surface area contributed by atoms with E-state index in [2.05, 4.69) is 214 Å². The van der Waals surface area contributed by atoms with Crippen LogP contribution in [0.1, 0.15) is 0 Å². The van der Waals surface area contributed by atoms with E-state index in [1.54, 1.807) is 0 Å². The Morgan fingerprint density at radius 3 is 1.62 bits per heavy atom. The van der Waals surface area contributed by atoms with Crippen molar-refractivity contribution in [2.24, 2.45) is 0 Å². The van der Waals surface area contributed by atoms with Gasteiger partial charge in [0.1, 0.15) is 11.2 Å². The van der Waals surface area contributed by atoms with E-state index in [1.165, 1.54) is 58.4 Å². The fourth-order valence-corrected chi connectivity index (χ4v) is 11.3. The van der Waals surface area contributed by atoms with Crippen LogP contribution in [0.5, 0.6) is 0 Å². The number of hydrogen-bond acceptors (Lipinski definition) is 2. The van der Waals surface area contributed by atoms with E-state index in [1.807, 2.05) is 23.5 Å². The molecule has 0 unspecified atom stereocenters. The molecule has 0 radical (unpaired) electrons. The average Bonchev–Trinajstić information content (AvgIpc) is 4.00. The summed E-state index contributed by atoms with van der Waals surface area (Å²) in [5.74, 6) is 0. The molecule has 14 rings (SSSR count). The first-order valence-electron chi connectivity index (χ1n) is 21.4. The molecule has 5 heteroatoms. The Hall–Kier alpha value is -8.12. The topological polar surface area (TPSA) is 27.9 Å². The average molecular weight is 822 g/mol. The molecule has 0 aliphatic rings. The number of hydrogen-bond donors (Lipinski definition) is 0. The lowest BCUT2D eigenvalue weighted by atomic mass is 10.1. The maximum absolute atomic E-state index is 6.44. The van der Waals surface area contributed by atoms with Gasteiger partial charge in [0.05, 0.1) is 16.7 Å². The van der Waals surface area contributed by atoms with Gasteiger partial charge in [-0.1, -0.05) is 97.1 Å². The van der Waals surface area contributed by atoms with Crippen LogP contribution in [0.3, 0.4) is 0 Å². The second-order valence-electron chi connectivity index (χ2n) is 16.6. The minimum atomic E-state index is 0.875. The van der Waals surface area contributed by atoms with Gasteiger partial charge in [0.15, 0.2) is 0 Å². The summed E-state index contributed by atoms with van der Waals surface area (Å²) in [7, 11) is 0. The molecule has 4 nitrogen and oxygen atoms in total. The first-order valence-corrected chi connectivity index (χ1v) is 22.2. The van der Waals surface area contributed by atoms with Crippen molar-refractivity contribution < 1.29 is 4.42 Å². The van der Waals surface area contributed by atoms with Crippen molar-refractivity contribution in [2.45, 2.75) is 0 Å². The van der Waals surface area contributed by atoms with Gasteiger partial charge in [-0.05, 0) is 125 Å². The summed E-state index contributed by atoms with van der Waals surface area (Å²) in [6, 6.07) is 77.8. The standard InChI is InChI=1S/C58H35N3OS/c1-2-16-45-36(10-1)11-9-20-52(45)61-53-19-5-3-17-46(53)49-32-41(23-27-54(49)61)59-39-14-7-12-37(30-39)38-13-8-15-40(31-38)60(44-22-26-48-47-18-4-6-21-55(47)62-56(48)35-44)43-25-29-58-51(34-43)50-33-42(59)24-28-57(50)63-58/h1-35H. The normalized spacial score (nSPS) is 12.1. The van der Waals surface area contributed by atoms with Crippen molar-refractivity contribution in [3.8, 4) is 17.1 Å². The highest BCUT2D eigenvalue weighted by Crippen LogP contribution is 2.40. The summed E-state index contributed by atoms with van der Waals surface area (Å²) in [5.41, 5.74) is 11.9. The summed E-state index contributed by atoms with van der Waals surface area (Å²) in [6.45, 7) is 0. The zero-order valence-electron chi connectivity index (χ0n) is 33.9. The molecule has 4 heterocycles. The number of aromatic nitrogens is 3. The van der Waals surface area contributed by atoms with Crippen molar-refractivity contribution in [3.05, 3.63) is 212 Å². The van der Waals surface area contributed by atoms with Crippen LogP contribution in [-0.4, -0.2) is 13.7 Å². The fourth-order valence-electron chi connectivity index (χ4n) is 10.2. The highest BCUT2D eigenvalue weighted by Gasteiger charge is 2.17. The zero-order valence-corrected chi connectivity index (χ0v) is 34.7. The lowest BCUT2D eigenvalue weighted by Gasteiger charge is -2.14. The Balaban J connectivity index is 1.07. The number of benzene rings is 10. The van der Waals surface area contributed by atoms with Crippen molar-refractivity contribution >= 4 is 119 Å². The van der Waals surface area contributed by atoms with E-state index in [4.69, 9.17) is 4.42 Å². The molecule has 63 heavy (non-hydrogen) atoms. The van der Waals surface area contributed by atoms with E-state index in [9.17, 15) is 0 Å². The Morgan fingerprint density at radius 2 is 0.857 bits per heavy atom. The summed E-state index contributed by atoms with van der Waals surface area (Å²) < 4.78 is 16.2. The minimum absolute atomic E-state index is 0.875. The van der Waals surface area contributed by atoms with E-state index < -0.39 is 0 Å². The van der Waals surface area contributed by atoms with Crippen molar-refractivity contribution in [1.82, 2.24) is 13.7 Å². The van der Waals surface area contributed by atoms with Gasteiger partial charge in [0.2, 0.25) is 0 Å². The summed E-state index contributed by atoms with van der Waals surface area (Å²) in [6.07, 6.45) is 0. The predicted molar refractivity (Wildman–Crippen MR) is 267 cm³/mol. The molecule has 14 aromatic rings. The van der Waals surface area contributed by atoms with Crippen molar-refractivity contribution in [2.75, 3.05) is 0 Å². The molecule has 0 fully saturated rings. The molecule has 4 aromatic heterocycles. The third-order valence-electron chi connectivity index (χ3n) is 13.0. The quantitative estimate of drug-likeness (QED) is 0.174. The Kier molecular flexibility index (Phi) is 7.24. The minimum Gasteiger partial charge on any atom is -0.456 e. The van der Waals surface area contributed by atoms with Crippen LogP contribution in [0, 0.1) is 0 Å². The van der Waals surface area contributed by atoms with Crippen LogP contribution in [0.25, 0.3) is 125 Å². The molecule has 0 saturated heterocycles. The molecule has 0 atom stereocenters. The van der Waals surface area contributed by atoms with E-state index >= 15 is 0 Å². The number of para-hydroxylation sites is 2. The molecule has 10 aromatic carbocycles. The number of rotatable bonds is 3. The van der Waals surface area contributed by atoms with Gasteiger partial charge in [-0.2, -0.15) is 0 Å². The molecule has 294 valence electrons. The van der Waals surface area contributed by atoms with Crippen LogP contribution in [0.4, 0.5) is 0 Å². The monoisotopic (exact) mass is 821 g/mol. The third kappa shape index (κ3) is 5.21. The smallest absolute Gasteiger partial charge is 0.137 e. The van der Waals surface area contributed by atoms with Gasteiger partial charge in [0.25, 0.3) is 0 Å². The Labute approximate surface area is 364 Å². The van der Waals surface area contributed by atoms with Crippen LogP contribution < -0.4 is 0 Å². The molecule has 0 amide bonds. The van der Waals surface area contributed by atoms with Crippen LogP contribution >= 0.6 is 11.3 Å². The Bertz CT molecular complexity index is 4280. The number of nitrogens with zero attached hydrogens (tertiary/aromatic N) is 3. The van der Waals surface area contributed by atoms with Crippen molar-refractivity contribution in [3.63, 3.8) is 0 Å². The third-order valence-corrected chi connectivity index (χ3v) is 14.2. The van der Waals surface area contributed by atoms with E-state index in [0.29, 0.717) is 0 Å². The fraction of sp³-hybridized carbons (Fsp3) is 0. The van der Waals surface area contributed by atoms with Gasteiger partial charge in [-0.25, -0.2) is 0 Å². The van der Waals surface area contributed by atoms with Gasteiger partial charge >= 0.3 is 0 Å². The SMILES string of the molecule is c1ccc2c(-n3c4ccccc4c4cc(-n5c6cccc(c6)c6cccc(c6)n(-c6ccc7c(c6)oc6ccccc67)c6ccc7sc8ccc5cc8c7c6)ccc43)cccc2c1. The first-order chi connectivity index (χ1) is 31.2. The van der Waals surface area contributed by atoms with Crippen LogP contribution in [-0.2, 0) is 0 Å². The van der Waals surface area contributed by atoms with Crippen molar-refractivity contribution in [1.29, 1.82) is 0 Å². The maximum atomic E-state index is 6.44. The summed E-state index contributed by atoms with van der Waals surface area (Å²) in [5, 5.41) is 11.9. The summed E-state index contributed by atoms with van der Waals surface area (Å²) >= 11 is 1.85. The number of furan rings is 1. The molecule has 0 saturated carbocycles. The first kappa shape index (κ1) is 34.6. The zero-order chi connectivity index (χ0) is 41.2.